The Kier molecular flexibility index (Phi) is 2.74. The Morgan fingerprint density at radius 3 is 2.54 bits per heavy atom. The minimum atomic E-state index is -4.24. The molecule has 72 valence electrons. The van der Waals surface area contributed by atoms with Crippen LogP contribution >= 0.6 is 0 Å². The number of benzene rings is 1. The molecule has 0 aliphatic carbocycles. The van der Waals surface area contributed by atoms with Gasteiger partial charge in [-0.2, -0.15) is 8.42 Å². The second-order valence-corrected chi connectivity index (χ2v) is 3.43. The van der Waals surface area contributed by atoms with Gasteiger partial charge in [-0.15, -0.1) is 0 Å². The summed E-state index contributed by atoms with van der Waals surface area (Å²) < 4.78 is 36.2. The van der Waals surface area contributed by atoms with Crippen LogP contribution in [-0.4, -0.2) is 20.1 Å². The molecule has 0 saturated heterocycles. The third kappa shape index (κ3) is 2.92. The summed E-state index contributed by atoms with van der Waals surface area (Å²) in [7, 11) is -2.83. The average Bonchev–Trinajstić information content (AvgIpc) is 2.02. The van der Waals surface area contributed by atoms with Gasteiger partial charge in [0.05, 0.1) is 12.8 Å². The van der Waals surface area contributed by atoms with Crippen molar-refractivity contribution in [2.24, 2.45) is 0 Å². The molecule has 0 heterocycles. The molecule has 0 unspecified atom stereocenters. The van der Waals surface area contributed by atoms with Crippen molar-refractivity contribution in [1.82, 2.24) is 0 Å². The zero-order chi connectivity index (χ0) is 9.90. The molecule has 0 fully saturated rings. The minimum absolute atomic E-state index is 0.201. The lowest BCUT2D eigenvalue weighted by Crippen LogP contribution is -2.10. The molecule has 5 nitrogen and oxygen atoms in total. The quantitative estimate of drug-likeness (QED) is 0.716. The fourth-order valence-corrected chi connectivity index (χ4v) is 1.31. The molecular formula is C7H9NO4S. The zero-order valence-electron chi connectivity index (χ0n) is 6.89. The SMILES string of the molecule is COc1ccccc1NS(=O)(=O)O. The van der Waals surface area contributed by atoms with E-state index in [1.54, 1.807) is 18.2 Å². The number of rotatable bonds is 3. The molecule has 6 heteroatoms. The van der Waals surface area contributed by atoms with Gasteiger partial charge in [-0.25, -0.2) is 0 Å². The lowest BCUT2D eigenvalue weighted by atomic mass is 10.3. The smallest absolute Gasteiger partial charge is 0.357 e. The highest BCUT2D eigenvalue weighted by atomic mass is 32.2. The van der Waals surface area contributed by atoms with Gasteiger partial charge < -0.3 is 4.74 Å². The Morgan fingerprint density at radius 2 is 2.00 bits per heavy atom. The Morgan fingerprint density at radius 1 is 1.38 bits per heavy atom. The predicted molar refractivity (Wildman–Crippen MR) is 48.2 cm³/mol. The largest absolute Gasteiger partial charge is 0.495 e. The van der Waals surface area contributed by atoms with Gasteiger partial charge in [-0.05, 0) is 12.1 Å². The van der Waals surface area contributed by atoms with Crippen molar-refractivity contribution in [3.05, 3.63) is 24.3 Å². The van der Waals surface area contributed by atoms with Crippen LogP contribution < -0.4 is 9.46 Å². The van der Waals surface area contributed by atoms with E-state index in [4.69, 9.17) is 9.29 Å². The molecule has 0 amide bonds. The van der Waals surface area contributed by atoms with Crippen LogP contribution in [0.1, 0.15) is 0 Å². The Hall–Kier alpha value is -1.27. The summed E-state index contributed by atoms with van der Waals surface area (Å²) in [5, 5.41) is 0. The van der Waals surface area contributed by atoms with E-state index in [1.165, 1.54) is 13.2 Å². The van der Waals surface area contributed by atoms with Gasteiger partial charge >= 0.3 is 10.3 Å². The third-order valence-electron chi connectivity index (χ3n) is 1.35. The van der Waals surface area contributed by atoms with E-state index in [-0.39, 0.29) is 5.69 Å². The molecule has 2 N–H and O–H groups in total. The standard InChI is InChI=1S/C7H9NO4S/c1-12-7-5-3-2-4-6(7)8-13(9,10)11/h2-5,8H,1H3,(H,9,10,11). The molecule has 13 heavy (non-hydrogen) atoms. The van der Waals surface area contributed by atoms with E-state index in [0.717, 1.165) is 0 Å². The van der Waals surface area contributed by atoms with Crippen molar-refractivity contribution >= 4 is 16.0 Å². The van der Waals surface area contributed by atoms with E-state index >= 15 is 0 Å². The summed E-state index contributed by atoms with van der Waals surface area (Å²) in [6.45, 7) is 0. The number of nitrogens with one attached hydrogen (secondary N) is 1. The number of anilines is 1. The van der Waals surface area contributed by atoms with Crippen LogP contribution in [0.15, 0.2) is 24.3 Å². The van der Waals surface area contributed by atoms with Crippen LogP contribution in [0, 0.1) is 0 Å². The molecule has 1 aromatic rings. The average molecular weight is 203 g/mol. The number of ether oxygens (including phenoxy) is 1. The maximum atomic E-state index is 10.5. The molecule has 0 aliphatic rings. The Bertz CT molecular complexity index is 387. The Labute approximate surface area is 76.2 Å². The number of hydrogen-bond donors (Lipinski definition) is 2. The summed E-state index contributed by atoms with van der Waals surface area (Å²) in [6.07, 6.45) is 0. The molecular weight excluding hydrogens is 194 g/mol. The van der Waals surface area contributed by atoms with Gasteiger partial charge in [0, 0.05) is 0 Å². The van der Waals surface area contributed by atoms with Crippen LogP contribution in [0.3, 0.4) is 0 Å². The summed E-state index contributed by atoms with van der Waals surface area (Å²) in [5.74, 6) is 0.347. The zero-order valence-corrected chi connectivity index (χ0v) is 7.71. The lowest BCUT2D eigenvalue weighted by Gasteiger charge is -2.07. The minimum Gasteiger partial charge on any atom is -0.495 e. The molecule has 1 rings (SSSR count). The second-order valence-electron chi connectivity index (χ2n) is 2.28. The van der Waals surface area contributed by atoms with Gasteiger partial charge in [0.2, 0.25) is 0 Å². The molecule has 0 bridgehead atoms. The summed E-state index contributed by atoms with van der Waals surface area (Å²) in [6, 6.07) is 6.37. The first-order valence-electron chi connectivity index (χ1n) is 3.41. The molecule has 0 atom stereocenters. The molecule has 0 radical (unpaired) electrons. The van der Waals surface area contributed by atoms with E-state index in [2.05, 4.69) is 0 Å². The molecule has 0 aliphatic heterocycles. The second kappa shape index (κ2) is 3.63. The van der Waals surface area contributed by atoms with E-state index in [9.17, 15) is 8.42 Å². The number of methoxy groups -OCH3 is 1. The number of para-hydroxylation sites is 2. The van der Waals surface area contributed by atoms with Gasteiger partial charge in [-0.3, -0.25) is 9.27 Å². The monoisotopic (exact) mass is 203 g/mol. The van der Waals surface area contributed by atoms with E-state index in [0.29, 0.717) is 5.75 Å². The van der Waals surface area contributed by atoms with Crippen LogP contribution in [0.5, 0.6) is 5.75 Å². The summed E-state index contributed by atoms with van der Waals surface area (Å²) in [5.41, 5.74) is 0.201. The summed E-state index contributed by atoms with van der Waals surface area (Å²) >= 11 is 0. The van der Waals surface area contributed by atoms with Crippen molar-refractivity contribution in [2.45, 2.75) is 0 Å². The van der Waals surface area contributed by atoms with Gasteiger partial charge in [0.15, 0.2) is 0 Å². The van der Waals surface area contributed by atoms with E-state index in [1.807, 2.05) is 4.72 Å². The van der Waals surface area contributed by atoms with Crippen molar-refractivity contribution in [3.8, 4) is 5.75 Å². The molecule has 0 spiro atoms. The normalized spacial score (nSPS) is 10.9. The fraction of sp³-hybridized carbons (Fsp3) is 0.143. The van der Waals surface area contributed by atoms with Crippen molar-refractivity contribution in [1.29, 1.82) is 0 Å². The topological polar surface area (TPSA) is 75.6 Å². The van der Waals surface area contributed by atoms with Crippen molar-refractivity contribution < 1.29 is 17.7 Å². The number of hydrogen-bond acceptors (Lipinski definition) is 3. The van der Waals surface area contributed by atoms with Crippen molar-refractivity contribution in [2.75, 3.05) is 11.8 Å². The van der Waals surface area contributed by atoms with Crippen LogP contribution in [0.4, 0.5) is 5.69 Å². The lowest BCUT2D eigenvalue weighted by molar-refractivity contribution is 0.416. The van der Waals surface area contributed by atoms with Gasteiger partial charge in [-0.1, -0.05) is 12.1 Å². The first-order valence-corrected chi connectivity index (χ1v) is 4.85. The maximum Gasteiger partial charge on any atom is 0.357 e. The molecule has 0 saturated carbocycles. The highest BCUT2D eigenvalue weighted by molar-refractivity contribution is 7.87. The van der Waals surface area contributed by atoms with E-state index < -0.39 is 10.3 Å². The highest BCUT2D eigenvalue weighted by Crippen LogP contribution is 2.23. The van der Waals surface area contributed by atoms with Crippen LogP contribution in [0.25, 0.3) is 0 Å². The Balaban J connectivity index is 3.01. The molecule has 1 aromatic carbocycles. The van der Waals surface area contributed by atoms with Crippen molar-refractivity contribution in [3.63, 3.8) is 0 Å². The molecule has 0 aromatic heterocycles. The van der Waals surface area contributed by atoms with Crippen LogP contribution in [-0.2, 0) is 10.3 Å². The third-order valence-corrected chi connectivity index (χ3v) is 1.82. The fourth-order valence-electron chi connectivity index (χ4n) is 0.868. The first-order chi connectivity index (χ1) is 6.03. The maximum absolute atomic E-state index is 10.5. The van der Waals surface area contributed by atoms with Gasteiger partial charge in [0.1, 0.15) is 5.75 Å². The van der Waals surface area contributed by atoms with Crippen LogP contribution in [0.2, 0.25) is 0 Å². The van der Waals surface area contributed by atoms with Gasteiger partial charge in [0.25, 0.3) is 0 Å². The summed E-state index contributed by atoms with van der Waals surface area (Å²) in [4.78, 5) is 0. The first kappa shape index (κ1) is 9.82. The predicted octanol–water partition coefficient (Wildman–Crippen LogP) is 0.910. The highest BCUT2D eigenvalue weighted by Gasteiger charge is 2.07.